The maximum atomic E-state index is 6.44. The first-order chi connectivity index (χ1) is 16.3. The first kappa shape index (κ1) is 20.8. The summed E-state index contributed by atoms with van der Waals surface area (Å²) < 4.78 is 12.9. The van der Waals surface area contributed by atoms with Crippen molar-refractivity contribution in [3.8, 4) is 0 Å². The molecule has 33 heavy (non-hydrogen) atoms. The zero-order chi connectivity index (χ0) is 22.4. The standard InChI is InChI=1S/C29H24O2S2/c32-15-13-30-27-11-9-23-21-7-3-1-5-19(21)17-25(23)29(27)26-18-20-6-2-4-8-22(20)24(26)10-12-28(29)31-14-16-33/h1-12,17-18,32-33H,13-16H2. The molecule has 1 spiro atoms. The fourth-order valence-electron chi connectivity index (χ4n) is 5.46. The molecule has 0 radical (unpaired) electrons. The van der Waals surface area contributed by atoms with E-state index >= 15 is 0 Å². The Labute approximate surface area is 205 Å². The van der Waals surface area contributed by atoms with E-state index in [1.165, 1.54) is 44.5 Å². The normalized spacial score (nSPS) is 18.6. The minimum absolute atomic E-state index is 0.527. The molecule has 0 aromatic heterocycles. The number of rotatable bonds is 6. The maximum Gasteiger partial charge on any atom is 0.136 e. The predicted octanol–water partition coefficient (Wildman–Crippen LogP) is 6.62. The van der Waals surface area contributed by atoms with Gasteiger partial charge < -0.3 is 9.47 Å². The third kappa shape index (κ3) is 2.97. The summed E-state index contributed by atoms with van der Waals surface area (Å²) in [6.07, 6.45) is 13.2. The smallest absolute Gasteiger partial charge is 0.136 e. The average molecular weight is 469 g/mol. The molecule has 2 aromatic rings. The van der Waals surface area contributed by atoms with Crippen LogP contribution >= 0.6 is 25.3 Å². The van der Waals surface area contributed by atoms with Gasteiger partial charge in [-0.25, -0.2) is 0 Å². The maximum absolute atomic E-state index is 6.44. The Morgan fingerprint density at radius 1 is 0.606 bits per heavy atom. The molecule has 0 N–H and O–H groups in total. The quantitative estimate of drug-likeness (QED) is 0.464. The van der Waals surface area contributed by atoms with Crippen molar-refractivity contribution in [2.75, 3.05) is 24.7 Å². The van der Waals surface area contributed by atoms with Crippen molar-refractivity contribution in [3.63, 3.8) is 0 Å². The molecular weight excluding hydrogens is 444 g/mol. The number of fused-ring (bicyclic) bond motifs is 8. The molecule has 2 aromatic carbocycles. The second kappa shape index (κ2) is 8.19. The summed E-state index contributed by atoms with van der Waals surface area (Å²) in [5.74, 6) is 3.05. The van der Waals surface area contributed by atoms with Crippen molar-refractivity contribution in [1.29, 1.82) is 0 Å². The highest BCUT2D eigenvalue weighted by atomic mass is 32.1. The van der Waals surface area contributed by atoms with Crippen LogP contribution in [0.3, 0.4) is 0 Å². The number of allylic oxidation sites excluding steroid dienone is 6. The molecule has 6 rings (SSSR count). The van der Waals surface area contributed by atoms with Gasteiger partial charge in [0.05, 0.1) is 13.2 Å². The molecule has 0 unspecified atom stereocenters. The van der Waals surface area contributed by atoms with Crippen molar-refractivity contribution in [2.45, 2.75) is 0 Å². The molecular formula is C29H24O2S2. The SMILES string of the molecule is SCCOC1=CC=C2C(=Cc3ccccc32)C12C(OCCS)=CC=C1C2=Cc2ccccc21. The van der Waals surface area contributed by atoms with Gasteiger partial charge in [0.1, 0.15) is 16.9 Å². The van der Waals surface area contributed by atoms with E-state index in [4.69, 9.17) is 9.47 Å². The van der Waals surface area contributed by atoms with E-state index < -0.39 is 5.41 Å². The number of hydrogen-bond donors (Lipinski definition) is 2. The van der Waals surface area contributed by atoms with Crippen molar-refractivity contribution < 1.29 is 9.47 Å². The Hall–Kier alpha value is -2.82. The summed E-state index contributed by atoms with van der Waals surface area (Å²) in [5.41, 5.74) is 9.15. The molecule has 4 heteroatoms. The van der Waals surface area contributed by atoms with Gasteiger partial charge in [-0.2, -0.15) is 25.3 Å². The molecule has 4 aliphatic carbocycles. The first-order valence-corrected chi connectivity index (χ1v) is 12.5. The lowest BCUT2D eigenvalue weighted by molar-refractivity contribution is 0.132. The second-order valence-corrected chi connectivity index (χ2v) is 9.30. The lowest BCUT2D eigenvalue weighted by Crippen LogP contribution is -2.36. The Kier molecular flexibility index (Phi) is 5.16. The minimum atomic E-state index is -0.655. The van der Waals surface area contributed by atoms with Gasteiger partial charge in [0.15, 0.2) is 0 Å². The van der Waals surface area contributed by atoms with Crippen molar-refractivity contribution in [1.82, 2.24) is 0 Å². The summed E-state index contributed by atoms with van der Waals surface area (Å²) >= 11 is 8.84. The third-order valence-electron chi connectivity index (χ3n) is 6.73. The van der Waals surface area contributed by atoms with Crippen LogP contribution in [0.4, 0.5) is 0 Å². The number of hydrogen-bond acceptors (Lipinski definition) is 4. The molecule has 4 aliphatic rings. The van der Waals surface area contributed by atoms with Gasteiger partial charge >= 0.3 is 0 Å². The molecule has 0 atom stereocenters. The molecule has 0 heterocycles. The molecule has 0 bridgehead atoms. The van der Waals surface area contributed by atoms with Gasteiger partial charge in [0.25, 0.3) is 0 Å². The Morgan fingerprint density at radius 2 is 1.06 bits per heavy atom. The van der Waals surface area contributed by atoms with Gasteiger partial charge in [-0.3, -0.25) is 0 Å². The molecule has 0 fully saturated rings. The minimum Gasteiger partial charge on any atom is -0.495 e. The molecule has 0 aliphatic heterocycles. The molecule has 164 valence electrons. The highest BCUT2D eigenvalue weighted by Gasteiger charge is 2.55. The summed E-state index contributed by atoms with van der Waals surface area (Å²) in [5, 5.41) is 0. The first-order valence-electron chi connectivity index (χ1n) is 11.2. The predicted molar refractivity (Wildman–Crippen MR) is 143 cm³/mol. The fourth-order valence-corrected chi connectivity index (χ4v) is 5.64. The van der Waals surface area contributed by atoms with E-state index in [0.717, 1.165) is 11.5 Å². The Bertz CT molecular complexity index is 1230. The Balaban J connectivity index is 1.62. The van der Waals surface area contributed by atoms with E-state index in [2.05, 4.69) is 110 Å². The zero-order valence-electron chi connectivity index (χ0n) is 18.1. The van der Waals surface area contributed by atoms with Gasteiger partial charge in [-0.15, -0.1) is 0 Å². The summed E-state index contributed by atoms with van der Waals surface area (Å²) in [6.45, 7) is 1.05. The monoisotopic (exact) mass is 468 g/mol. The van der Waals surface area contributed by atoms with E-state index in [9.17, 15) is 0 Å². The largest absolute Gasteiger partial charge is 0.495 e. The molecule has 2 nitrogen and oxygen atoms in total. The lowest BCUT2D eigenvalue weighted by Gasteiger charge is -2.44. The van der Waals surface area contributed by atoms with Gasteiger partial charge in [0, 0.05) is 11.5 Å². The highest BCUT2D eigenvalue weighted by Crippen LogP contribution is 2.64. The average Bonchev–Trinajstić information content (AvgIpc) is 3.42. The van der Waals surface area contributed by atoms with Crippen molar-refractivity contribution >= 4 is 48.6 Å². The number of thiol groups is 2. The summed E-state index contributed by atoms with van der Waals surface area (Å²) in [7, 11) is 0. The van der Waals surface area contributed by atoms with Crippen LogP contribution in [0.15, 0.2) is 95.5 Å². The van der Waals surface area contributed by atoms with Crippen LogP contribution in [-0.2, 0) is 9.47 Å². The number of ether oxygens (including phenoxy) is 2. The Morgan fingerprint density at radius 3 is 1.52 bits per heavy atom. The van der Waals surface area contributed by atoms with E-state index in [0.29, 0.717) is 24.7 Å². The van der Waals surface area contributed by atoms with Crippen LogP contribution in [0.1, 0.15) is 22.3 Å². The van der Waals surface area contributed by atoms with Gasteiger partial charge in [-0.1, -0.05) is 60.7 Å². The highest BCUT2D eigenvalue weighted by molar-refractivity contribution is 7.80. The van der Waals surface area contributed by atoms with Crippen LogP contribution in [0.2, 0.25) is 0 Å². The van der Waals surface area contributed by atoms with E-state index in [1.54, 1.807) is 0 Å². The number of benzene rings is 2. The van der Waals surface area contributed by atoms with Crippen LogP contribution in [0.25, 0.3) is 23.3 Å². The topological polar surface area (TPSA) is 18.5 Å². The van der Waals surface area contributed by atoms with Crippen LogP contribution in [-0.4, -0.2) is 24.7 Å². The lowest BCUT2D eigenvalue weighted by atomic mass is 9.63. The van der Waals surface area contributed by atoms with Gasteiger partial charge in [0.2, 0.25) is 0 Å². The second-order valence-electron chi connectivity index (χ2n) is 8.41. The molecule has 0 amide bonds. The van der Waals surface area contributed by atoms with Gasteiger partial charge in [-0.05, 0) is 68.9 Å². The zero-order valence-corrected chi connectivity index (χ0v) is 19.9. The molecule has 0 saturated heterocycles. The van der Waals surface area contributed by atoms with E-state index in [-0.39, 0.29) is 0 Å². The van der Waals surface area contributed by atoms with Crippen LogP contribution in [0, 0.1) is 5.41 Å². The third-order valence-corrected chi connectivity index (χ3v) is 7.09. The molecule has 0 saturated carbocycles. The van der Waals surface area contributed by atoms with E-state index in [1.807, 2.05) is 0 Å². The van der Waals surface area contributed by atoms with Crippen molar-refractivity contribution in [2.24, 2.45) is 5.41 Å². The van der Waals surface area contributed by atoms with Crippen molar-refractivity contribution in [3.05, 3.63) is 118 Å². The summed E-state index contributed by atoms with van der Waals surface area (Å²) in [4.78, 5) is 0. The fraction of sp³-hybridized carbons (Fsp3) is 0.172. The summed E-state index contributed by atoms with van der Waals surface area (Å²) in [6, 6.07) is 17.1. The van der Waals surface area contributed by atoms with Crippen LogP contribution in [0.5, 0.6) is 0 Å². The van der Waals surface area contributed by atoms with Crippen LogP contribution < -0.4 is 0 Å².